The maximum absolute atomic E-state index is 6.16. The van der Waals surface area contributed by atoms with Crippen LogP contribution in [0.3, 0.4) is 0 Å². The van der Waals surface area contributed by atoms with Crippen LogP contribution in [-0.4, -0.2) is 44.9 Å². The van der Waals surface area contributed by atoms with Gasteiger partial charge in [-0.05, 0) is 26.8 Å². The van der Waals surface area contributed by atoms with E-state index in [1.165, 1.54) is 25.7 Å². The van der Waals surface area contributed by atoms with Crippen LogP contribution in [0, 0.1) is 0 Å². The monoisotopic (exact) mass is 293 g/mol. The second-order valence-electron chi connectivity index (χ2n) is 5.12. The van der Waals surface area contributed by atoms with Crippen molar-refractivity contribution in [2.75, 3.05) is 33.5 Å². The summed E-state index contributed by atoms with van der Waals surface area (Å²) in [7, 11) is 1.95. The molecule has 0 saturated carbocycles. The molecule has 0 aliphatic heterocycles. The summed E-state index contributed by atoms with van der Waals surface area (Å²) >= 11 is 6.16. The van der Waals surface area contributed by atoms with Gasteiger partial charge in [0.2, 0.25) is 0 Å². The van der Waals surface area contributed by atoms with Gasteiger partial charge in [0, 0.05) is 12.6 Å². The molecule has 0 aliphatic carbocycles. The minimum Gasteiger partial charge on any atom is -0.379 e. The minimum atomic E-state index is 0.0801. The molecule has 3 nitrogen and oxygen atoms in total. The molecule has 0 amide bonds. The molecule has 0 rings (SSSR count). The van der Waals surface area contributed by atoms with Gasteiger partial charge in [-0.1, -0.05) is 32.6 Å². The molecule has 0 radical (unpaired) electrons. The summed E-state index contributed by atoms with van der Waals surface area (Å²) in [5, 5.41) is 3.25. The van der Waals surface area contributed by atoms with E-state index in [1.54, 1.807) is 0 Å². The SMILES string of the molecule is CCCCCCCOCCOCC(Cl)CC(C)NC. The molecule has 2 atom stereocenters. The maximum Gasteiger partial charge on any atom is 0.0701 e. The van der Waals surface area contributed by atoms with Gasteiger partial charge in [-0.15, -0.1) is 11.6 Å². The summed E-state index contributed by atoms with van der Waals surface area (Å²) in [5.74, 6) is 0. The first-order chi connectivity index (χ1) is 9.20. The molecule has 19 heavy (non-hydrogen) atoms. The van der Waals surface area contributed by atoms with E-state index in [9.17, 15) is 0 Å². The zero-order valence-corrected chi connectivity index (χ0v) is 13.7. The van der Waals surface area contributed by atoms with Crippen molar-refractivity contribution in [3.8, 4) is 0 Å². The van der Waals surface area contributed by atoms with E-state index in [4.69, 9.17) is 21.1 Å². The summed E-state index contributed by atoms with van der Waals surface area (Å²) < 4.78 is 11.0. The third-order valence-electron chi connectivity index (χ3n) is 3.17. The van der Waals surface area contributed by atoms with Crippen molar-refractivity contribution in [3.63, 3.8) is 0 Å². The van der Waals surface area contributed by atoms with Crippen LogP contribution < -0.4 is 5.32 Å². The Kier molecular flexibility index (Phi) is 14.7. The molecule has 0 aromatic heterocycles. The molecule has 0 saturated heterocycles. The highest BCUT2D eigenvalue weighted by Gasteiger charge is 2.08. The van der Waals surface area contributed by atoms with Crippen LogP contribution in [0.15, 0.2) is 0 Å². The Morgan fingerprint density at radius 1 is 1.00 bits per heavy atom. The third-order valence-corrected chi connectivity index (χ3v) is 3.47. The summed E-state index contributed by atoms with van der Waals surface area (Å²) in [6, 6.07) is 0.436. The van der Waals surface area contributed by atoms with Crippen LogP contribution in [0.1, 0.15) is 52.4 Å². The van der Waals surface area contributed by atoms with E-state index in [0.717, 1.165) is 19.4 Å². The van der Waals surface area contributed by atoms with Gasteiger partial charge in [-0.3, -0.25) is 0 Å². The quantitative estimate of drug-likeness (QED) is 0.392. The smallest absolute Gasteiger partial charge is 0.0701 e. The van der Waals surface area contributed by atoms with Crippen molar-refractivity contribution in [1.82, 2.24) is 5.32 Å². The predicted molar refractivity (Wildman–Crippen MR) is 83.2 cm³/mol. The van der Waals surface area contributed by atoms with Crippen molar-refractivity contribution < 1.29 is 9.47 Å². The van der Waals surface area contributed by atoms with Crippen LogP contribution in [0.2, 0.25) is 0 Å². The lowest BCUT2D eigenvalue weighted by atomic mass is 10.2. The fourth-order valence-corrected chi connectivity index (χ4v) is 2.16. The summed E-state index contributed by atoms with van der Waals surface area (Å²) in [6.45, 7) is 7.14. The lowest BCUT2D eigenvalue weighted by Crippen LogP contribution is -2.26. The number of rotatable bonds is 14. The van der Waals surface area contributed by atoms with E-state index in [2.05, 4.69) is 19.2 Å². The number of hydrogen-bond acceptors (Lipinski definition) is 3. The van der Waals surface area contributed by atoms with E-state index in [-0.39, 0.29) is 5.38 Å². The Labute approximate surface area is 124 Å². The zero-order chi connectivity index (χ0) is 14.3. The topological polar surface area (TPSA) is 30.5 Å². The van der Waals surface area contributed by atoms with Crippen LogP contribution >= 0.6 is 11.6 Å². The van der Waals surface area contributed by atoms with E-state index in [0.29, 0.717) is 25.9 Å². The van der Waals surface area contributed by atoms with Gasteiger partial charge in [0.15, 0.2) is 0 Å². The Morgan fingerprint density at radius 3 is 2.37 bits per heavy atom. The first kappa shape index (κ1) is 19.2. The Bertz CT molecular complexity index is 182. The van der Waals surface area contributed by atoms with E-state index >= 15 is 0 Å². The number of unbranched alkanes of at least 4 members (excludes halogenated alkanes) is 4. The standard InChI is InChI=1S/C15H32ClNO2/c1-4-5-6-7-8-9-18-10-11-19-13-15(16)12-14(2)17-3/h14-15,17H,4-13H2,1-3H3. The molecule has 0 aliphatic rings. The van der Waals surface area contributed by atoms with E-state index in [1.807, 2.05) is 7.05 Å². The fourth-order valence-electron chi connectivity index (χ4n) is 1.81. The molecule has 0 bridgehead atoms. The van der Waals surface area contributed by atoms with Gasteiger partial charge in [0.1, 0.15) is 0 Å². The summed E-state index contributed by atoms with van der Waals surface area (Å²) in [5.41, 5.74) is 0. The molecule has 0 heterocycles. The average molecular weight is 294 g/mol. The Hall–Kier alpha value is 0.170. The third kappa shape index (κ3) is 14.4. The average Bonchev–Trinajstić information content (AvgIpc) is 2.40. The first-order valence-corrected chi connectivity index (χ1v) is 8.11. The van der Waals surface area contributed by atoms with Gasteiger partial charge >= 0.3 is 0 Å². The van der Waals surface area contributed by atoms with Gasteiger partial charge in [0.25, 0.3) is 0 Å². The molecule has 0 aromatic carbocycles. The summed E-state index contributed by atoms with van der Waals surface area (Å²) in [4.78, 5) is 0. The van der Waals surface area contributed by atoms with Crippen LogP contribution in [0.4, 0.5) is 0 Å². The lowest BCUT2D eigenvalue weighted by molar-refractivity contribution is 0.0454. The normalized spacial score (nSPS) is 14.5. The molecule has 2 unspecified atom stereocenters. The molecular weight excluding hydrogens is 262 g/mol. The maximum atomic E-state index is 6.16. The van der Waals surface area contributed by atoms with Crippen LogP contribution in [-0.2, 0) is 9.47 Å². The number of alkyl halides is 1. The second kappa shape index (κ2) is 14.6. The number of halogens is 1. The summed E-state index contributed by atoms with van der Waals surface area (Å²) in [6.07, 6.45) is 7.33. The molecular formula is C15H32ClNO2. The number of ether oxygens (including phenoxy) is 2. The van der Waals surface area contributed by atoms with Crippen molar-refractivity contribution in [2.45, 2.75) is 63.8 Å². The molecule has 4 heteroatoms. The van der Waals surface area contributed by atoms with Crippen molar-refractivity contribution in [3.05, 3.63) is 0 Å². The lowest BCUT2D eigenvalue weighted by Gasteiger charge is -2.15. The predicted octanol–water partition coefficient (Wildman–Crippen LogP) is 3.60. The minimum absolute atomic E-state index is 0.0801. The zero-order valence-electron chi connectivity index (χ0n) is 12.9. The van der Waals surface area contributed by atoms with Crippen LogP contribution in [0.25, 0.3) is 0 Å². The van der Waals surface area contributed by atoms with Gasteiger partial charge in [-0.2, -0.15) is 0 Å². The van der Waals surface area contributed by atoms with Gasteiger partial charge in [-0.25, -0.2) is 0 Å². The molecule has 1 N–H and O–H groups in total. The molecule has 116 valence electrons. The largest absolute Gasteiger partial charge is 0.379 e. The van der Waals surface area contributed by atoms with E-state index < -0.39 is 0 Å². The number of hydrogen-bond donors (Lipinski definition) is 1. The van der Waals surface area contributed by atoms with Crippen molar-refractivity contribution >= 4 is 11.6 Å². The molecule has 0 spiro atoms. The number of nitrogens with one attached hydrogen (secondary N) is 1. The Morgan fingerprint density at radius 2 is 1.68 bits per heavy atom. The fraction of sp³-hybridized carbons (Fsp3) is 1.00. The highest BCUT2D eigenvalue weighted by Crippen LogP contribution is 2.06. The molecule has 0 aromatic rings. The first-order valence-electron chi connectivity index (χ1n) is 7.67. The van der Waals surface area contributed by atoms with Gasteiger partial charge in [0.05, 0.1) is 25.2 Å². The van der Waals surface area contributed by atoms with Crippen molar-refractivity contribution in [1.29, 1.82) is 0 Å². The Balaban J connectivity index is 3.13. The second-order valence-corrected chi connectivity index (χ2v) is 5.74. The van der Waals surface area contributed by atoms with Crippen molar-refractivity contribution in [2.24, 2.45) is 0 Å². The highest BCUT2D eigenvalue weighted by atomic mass is 35.5. The van der Waals surface area contributed by atoms with Gasteiger partial charge < -0.3 is 14.8 Å². The highest BCUT2D eigenvalue weighted by molar-refractivity contribution is 6.20. The molecule has 0 fully saturated rings. The van der Waals surface area contributed by atoms with Crippen LogP contribution in [0.5, 0.6) is 0 Å².